The number of hydrogen-bond acceptors (Lipinski definition) is 4. The lowest BCUT2D eigenvalue weighted by Crippen LogP contribution is -1.95. The van der Waals surface area contributed by atoms with Gasteiger partial charge in [0.1, 0.15) is 23.9 Å². The van der Waals surface area contributed by atoms with Crippen LogP contribution in [0.4, 0.5) is 4.39 Å². The number of ether oxygens (including phenoxy) is 1. The topological polar surface area (TPSA) is 53.1 Å². The van der Waals surface area contributed by atoms with Crippen molar-refractivity contribution in [2.45, 2.75) is 13.2 Å². The van der Waals surface area contributed by atoms with Gasteiger partial charge in [0.2, 0.25) is 0 Å². The quantitative estimate of drug-likeness (QED) is 0.521. The lowest BCUT2D eigenvalue weighted by molar-refractivity contribution is 0.306. The Labute approximate surface area is 149 Å². The van der Waals surface area contributed by atoms with Gasteiger partial charge in [-0.25, -0.2) is 9.37 Å². The zero-order valence-corrected chi connectivity index (χ0v) is 13.9. The zero-order chi connectivity index (χ0) is 17.8. The summed E-state index contributed by atoms with van der Waals surface area (Å²) in [6, 6.07) is 15.8. The Morgan fingerprint density at radius 1 is 1.04 bits per heavy atom. The number of halogens is 1. The number of hydrogen-bond donors (Lipinski definition) is 0. The Morgan fingerprint density at radius 3 is 2.58 bits per heavy atom. The van der Waals surface area contributed by atoms with E-state index in [1.54, 1.807) is 24.7 Å². The van der Waals surface area contributed by atoms with Crippen LogP contribution in [0.2, 0.25) is 0 Å². The standard InChI is InChI=1S/C20H16FN3O2/c21-17-5-1-15(2-6-17)13-25-18-7-3-16(4-8-18)20-11-19(26-23-20)12-24-10-9-22-14-24/h1-11,14H,12-13H2. The van der Waals surface area contributed by atoms with Crippen molar-refractivity contribution >= 4 is 0 Å². The van der Waals surface area contributed by atoms with E-state index in [0.717, 1.165) is 28.3 Å². The molecular formula is C20H16FN3O2. The molecule has 26 heavy (non-hydrogen) atoms. The molecule has 130 valence electrons. The summed E-state index contributed by atoms with van der Waals surface area (Å²) in [6.45, 7) is 0.977. The summed E-state index contributed by atoms with van der Waals surface area (Å²) in [5.74, 6) is 1.24. The van der Waals surface area contributed by atoms with E-state index in [1.165, 1.54) is 12.1 Å². The smallest absolute Gasteiger partial charge is 0.157 e. The van der Waals surface area contributed by atoms with E-state index in [9.17, 15) is 4.39 Å². The molecule has 5 nitrogen and oxygen atoms in total. The Balaban J connectivity index is 1.39. The highest BCUT2D eigenvalue weighted by Gasteiger charge is 2.07. The maximum atomic E-state index is 12.9. The van der Waals surface area contributed by atoms with Crippen LogP contribution in [0.25, 0.3) is 11.3 Å². The number of benzene rings is 2. The normalized spacial score (nSPS) is 10.8. The fourth-order valence-corrected chi connectivity index (χ4v) is 2.55. The molecule has 0 saturated heterocycles. The summed E-state index contributed by atoms with van der Waals surface area (Å²) in [5.41, 5.74) is 2.63. The first-order valence-electron chi connectivity index (χ1n) is 8.15. The van der Waals surface area contributed by atoms with E-state index >= 15 is 0 Å². The molecule has 0 spiro atoms. The Bertz CT molecular complexity index is 961. The molecule has 0 saturated carbocycles. The van der Waals surface area contributed by atoms with E-state index in [0.29, 0.717) is 13.2 Å². The maximum absolute atomic E-state index is 12.9. The highest BCUT2D eigenvalue weighted by Crippen LogP contribution is 2.23. The van der Waals surface area contributed by atoms with Gasteiger partial charge in [-0.3, -0.25) is 0 Å². The third-order valence-corrected chi connectivity index (χ3v) is 3.93. The highest BCUT2D eigenvalue weighted by atomic mass is 19.1. The van der Waals surface area contributed by atoms with Gasteiger partial charge in [0.15, 0.2) is 5.76 Å². The molecule has 0 bridgehead atoms. The van der Waals surface area contributed by atoms with Crippen LogP contribution < -0.4 is 4.74 Å². The lowest BCUT2D eigenvalue weighted by Gasteiger charge is -2.06. The van der Waals surface area contributed by atoms with E-state index in [2.05, 4.69) is 10.1 Å². The summed E-state index contributed by atoms with van der Waals surface area (Å²) in [6.07, 6.45) is 5.33. The molecule has 0 N–H and O–H groups in total. The van der Waals surface area contributed by atoms with Gasteiger partial charge in [-0.2, -0.15) is 0 Å². The van der Waals surface area contributed by atoms with Crippen molar-refractivity contribution in [1.29, 1.82) is 0 Å². The molecule has 0 fully saturated rings. The minimum absolute atomic E-state index is 0.252. The van der Waals surface area contributed by atoms with Crippen LogP contribution in [0.5, 0.6) is 5.75 Å². The largest absolute Gasteiger partial charge is 0.489 e. The molecule has 0 unspecified atom stereocenters. The Kier molecular flexibility index (Phi) is 4.47. The average Bonchev–Trinajstić information content (AvgIpc) is 3.34. The van der Waals surface area contributed by atoms with E-state index < -0.39 is 0 Å². The third kappa shape index (κ3) is 3.80. The van der Waals surface area contributed by atoms with Gasteiger partial charge in [-0.1, -0.05) is 17.3 Å². The molecular weight excluding hydrogens is 333 g/mol. The second kappa shape index (κ2) is 7.23. The number of aromatic nitrogens is 3. The minimum atomic E-state index is -0.252. The molecule has 0 radical (unpaired) electrons. The molecule has 0 atom stereocenters. The zero-order valence-electron chi connectivity index (χ0n) is 13.9. The van der Waals surface area contributed by atoms with Crippen LogP contribution in [-0.4, -0.2) is 14.7 Å². The van der Waals surface area contributed by atoms with Crippen molar-refractivity contribution in [3.05, 3.63) is 90.5 Å². The maximum Gasteiger partial charge on any atom is 0.157 e. The van der Waals surface area contributed by atoms with Crippen molar-refractivity contribution in [2.24, 2.45) is 0 Å². The molecule has 4 rings (SSSR count). The third-order valence-electron chi connectivity index (χ3n) is 3.93. The van der Waals surface area contributed by atoms with Gasteiger partial charge < -0.3 is 13.8 Å². The predicted octanol–water partition coefficient (Wildman–Crippen LogP) is 4.30. The number of imidazole rings is 1. The Morgan fingerprint density at radius 2 is 1.85 bits per heavy atom. The van der Waals surface area contributed by atoms with E-state index in [1.807, 2.05) is 41.1 Å². The van der Waals surface area contributed by atoms with Gasteiger partial charge in [0.05, 0.1) is 12.9 Å². The second-order valence-electron chi connectivity index (χ2n) is 5.85. The molecule has 0 amide bonds. The van der Waals surface area contributed by atoms with Gasteiger partial charge >= 0.3 is 0 Å². The van der Waals surface area contributed by atoms with Crippen molar-refractivity contribution in [3.63, 3.8) is 0 Å². The monoisotopic (exact) mass is 349 g/mol. The van der Waals surface area contributed by atoms with Crippen LogP contribution in [0.15, 0.2) is 77.8 Å². The van der Waals surface area contributed by atoms with E-state index in [-0.39, 0.29) is 5.82 Å². The highest BCUT2D eigenvalue weighted by molar-refractivity contribution is 5.59. The molecule has 0 aliphatic carbocycles. The SMILES string of the molecule is Fc1ccc(COc2ccc(-c3cc(Cn4ccnc4)on3)cc2)cc1. The van der Waals surface area contributed by atoms with Gasteiger partial charge in [0, 0.05) is 24.0 Å². The van der Waals surface area contributed by atoms with Crippen molar-refractivity contribution in [1.82, 2.24) is 14.7 Å². The summed E-state index contributed by atoms with van der Waals surface area (Å²) < 4.78 is 25.9. The lowest BCUT2D eigenvalue weighted by atomic mass is 10.1. The molecule has 0 aliphatic heterocycles. The average molecular weight is 349 g/mol. The number of rotatable bonds is 6. The predicted molar refractivity (Wildman–Crippen MR) is 94.0 cm³/mol. The second-order valence-corrected chi connectivity index (χ2v) is 5.85. The minimum Gasteiger partial charge on any atom is -0.489 e. The first-order valence-corrected chi connectivity index (χ1v) is 8.15. The van der Waals surface area contributed by atoms with Crippen molar-refractivity contribution in [3.8, 4) is 17.0 Å². The van der Waals surface area contributed by atoms with Gasteiger partial charge in [0.25, 0.3) is 0 Å². The van der Waals surface area contributed by atoms with Crippen LogP contribution in [-0.2, 0) is 13.2 Å². The van der Waals surface area contributed by atoms with Gasteiger partial charge in [-0.05, 0) is 42.0 Å². The van der Waals surface area contributed by atoms with E-state index in [4.69, 9.17) is 9.26 Å². The Hall–Kier alpha value is -3.41. The fraction of sp³-hybridized carbons (Fsp3) is 0.100. The molecule has 0 aliphatic rings. The van der Waals surface area contributed by atoms with Gasteiger partial charge in [-0.15, -0.1) is 0 Å². The number of nitrogens with zero attached hydrogens (tertiary/aromatic N) is 3. The summed E-state index contributed by atoms with van der Waals surface area (Å²) >= 11 is 0. The summed E-state index contributed by atoms with van der Waals surface area (Å²) in [5, 5.41) is 4.11. The first-order chi connectivity index (χ1) is 12.8. The van der Waals surface area contributed by atoms with Crippen LogP contribution >= 0.6 is 0 Å². The summed E-state index contributed by atoms with van der Waals surface area (Å²) in [4.78, 5) is 4.01. The van der Waals surface area contributed by atoms with Crippen LogP contribution in [0, 0.1) is 5.82 Å². The first kappa shape index (κ1) is 16.1. The molecule has 2 heterocycles. The molecule has 6 heteroatoms. The van der Waals surface area contributed by atoms with Crippen molar-refractivity contribution < 1.29 is 13.7 Å². The summed E-state index contributed by atoms with van der Waals surface area (Å²) in [7, 11) is 0. The molecule has 2 aromatic carbocycles. The molecule has 4 aromatic rings. The van der Waals surface area contributed by atoms with Crippen LogP contribution in [0.3, 0.4) is 0 Å². The fourth-order valence-electron chi connectivity index (χ4n) is 2.55. The molecule has 2 aromatic heterocycles. The van der Waals surface area contributed by atoms with Crippen LogP contribution in [0.1, 0.15) is 11.3 Å². The van der Waals surface area contributed by atoms with Crippen molar-refractivity contribution in [2.75, 3.05) is 0 Å².